The number of esters is 2. The molecule has 0 bridgehead atoms. The molecular formula is C28H53N2O4+. The highest BCUT2D eigenvalue weighted by Gasteiger charge is 2.42. The van der Waals surface area contributed by atoms with E-state index in [0.29, 0.717) is 12.8 Å². The van der Waals surface area contributed by atoms with E-state index in [9.17, 15) is 9.59 Å². The van der Waals surface area contributed by atoms with Gasteiger partial charge in [0.25, 0.3) is 0 Å². The summed E-state index contributed by atoms with van der Waals surface area (Å²) >= 11 is 0. The number of hydrogen-bond acceptors (Lipinski definition) is 5. The van der Waals surface area contributed by atoms with Gasteiger partial charge in [0.2, 0.25) is 0 Å². The SMILES string of the molecule is CC1(C)CC(OC(=O)CCCCCCCCC(=[OH+])OC2CC(C)(C)NC(C)(C)C2)CC(C)(C)N1. The van der Waals surface area contributed by atoms with Gasteiger partial charge in [-0.15, -0.1) is 0 Å². The molecule has 2 aliphatic rings. The summed E-state index contributed by atoms with van der Waals surface area (Å²) in [6.07, 6.45) is 10.9. The first-order chi connectivity index (χ1) is 15.6. The van der Waals surface area contributed by atoms with Crippen LogP contribution in [0.25, 0.3) is 0 Å². The van der Waals surface area contributed by atoms with Gasteiger partial charge in [-0.2, -0.15) is 0 Å². The maximum atomic E-state index is 12.3. The van der Waals surface area contributed by atoms with Crippen molar-refractivity contribution >= 4 is 11.9 Å². The van der Waals surface area contributed by atoms with Gasteiger partial charge in [0.1, 0.15) is 12.5 Å². The molecule has 6 heteroatoms. The number of carbonyl (C=O) groups excluding carboxylic acids is 2. The fourth-order valence-corrected chi connectivity index (χ4v) is 6.37. The smallest absolute Gasteiger partial charge is 0.462 e. The highest BCUT2D eigenvalue weighted by atomic mass is 16.5. The second-order valence-corrected chi connectivity index (χ2v) is 13.5. The van der Waals surface area contributed by atoms with E-state index < -0.39 is 0 Å². The molecule has 0 amide bonds. The zero-order valence-corrected chi connectivity index (χ0v) is 23.3. The number of ether oxygens (including phenoxy) is 2. The summed E-state index contributed by atoms with van der Waals surface area (Å²) in [6, 6.07) is 0. The summed E-state index contributed by atoms with van der Waals surface area (Å²) in [5, 5.41) is 7.27. The number of piperidine rings is 2. The number of unbranched alkanes of at least 4 members (excludes halogenated alkanes) is 5. The van der Waals surface area contributed by atoms with Crippen molar-refractivity contribution in [2.75, 3.05) is 0 Å². The van der Waals surface area contributed by atoms with Crippen LogP contribution in [-0.2, 0) is 14.3 Å². The average Bonchev–Trinajstić information content (AvgIpc) is 2.58. The molecule has 3 N–H and O–H groups in total. The Balaban J connectivity index is 1.51. The largest absolute Gasteiger partial charge is 0.482 e. The Morgan fingerprint density at radius 2 is 1.00 bits per heavy atom. The van der Waals surface area contributed by atoms with Gasteiger partial charge in [-0.05, 0) is 68.2 Å². The molecule has 6 nitrogen and oxygen atoms in total. The van der Waals surface area contributed by atoms with Gasteiger partial charge < -0.3 is 24.9 Å². The highest BCUT2D eigenvalue weighted by Crippen LogP contribution is 2.31. The summed E-state index contributed by atoms with van der Waals surface area (Å²) < 4.78 is 11.7. The predicted octanol–water partition coefficient (Wildman–Crippen LogP) is 5.79. The standard InChI is InChI=1S/C28H52N2O4/c1-25(2)17-21(18-26(3,4)29-25)33-23(31)15-13-11-9-10-12-14-16-24(32)34-22-19-27(5,6)30-28(7,8)20-22/h21-22,29-30H,9-20H2,1-8H3/p+1. The van der Waals surface area contributed by atoms with Crippen LogP contribution >= 0.6 is 0 Å². The van der Waals surface area contributed by atoms with Gasteiger partial charge in [-0.3, -0.25) is 4.79 Å². The molecule has 34 heavy (non-hydrogen) atoms. The number of rotatable bonds is 11. The summed E-state index contributed by atoms with van der Waals surface area (Å²) in [5.41, 5.74) is 0.00853. The van der Waals surface area contributed by atoms with Crippen LogP contribution < -0.4 is 10.6 Å². The van der Waals surface area contributed by atoms with E-state index in [1.165, 1.54) is 0 Å². The fourth-order valence-electron chi connectivity index (χ4n) is 6.37. The lowest BCUT2D eigenvalue weighted by molar-refractivity contribution is -0.153. The van der Waals surface area contributed by atoms with Crippen molar-refractivity contribution in [2.24, 2.45) is 0 Å². The Kier molecular flexibility index (Phi) is 10.0. The van der Waals surface area contributed by atoms with Crippen LogP contribution in [0.3, 0.4) is 0 Å². The van der Waals surface area contributed by atoms with E-state index in [2.05, 4.69) is 66.0 Å². The topological polar surface area (TPSA) is 81.0 Å². The van der Waals surface area contributed by atoms with Crippen molar-refractivity contribution in [2.45, 2.75) is 167 Å². The normalized spacial score (nSPS) is 23.9. The van der Waals surface area contributed by atoms with E-state index in [-0.39, 0.29) is 46.3 Å². The molecule has 2 fully saturated rings. The molecule has 0 aromatic rings. The van der Waals surface area contributed by atoms with Gasteiger partial charge in [-0.1, -0.05) is 25.7 Å². The highest BCUT2D eigenvalue weighted by molar-refractivity contribution is 5.70. The van der Waals surface area contributed by atoms with Crippen molar-refractivity contribution in [3.05, 3.63) is 0 Å². The fraction of sp³-hybridized carbons (Fsp3) is 0.929. The van der Waals surface area contributed by atoms with E-state index >= 15 is 0 Å². The van der Waals surface area contributed by atoms with E-state index in [1.807, 2.05) is 0 Å². The summed E-state index contributed by atoms with van der Waals surface area (Å²) in [4.78, 5) is 22.6. The summed E-state index contributed by atoms with van der Waals surface area (Å²) in [5.74, 6) is 0.130. The lowest BCUT2D eigenvalue weighted by atomic mass is 9.81. The van der Waals surface area contributed by atoms with Crippen LogP contribution in [0.15, 0.2) is 0 Å². The zero-order valence-electron chi connectivity index (χ0n) is 23.3. The summed E-state index contributed by atoms with van der Waals surface area (Å²) in [7, 11) is 0. The minimum atomic E-state index is -0.0561. The molecule has 2 aliphatic heterocycles. The van der Waals surface area contributed by atoms with Crippen LogP contribution in [0.1, 0.15) is 132 Å². The van der Waals surface area contributed by atoms with Crippen LogP contribution in [0, 0.1) is 0 Å². The second kappa shape index (κ2) is 11.7. The van der Waals surface area contributed by atoms with Gasteiger partial charge in [0.15, 0.2) is 6.10 Å². The van der Waals surface area contributed by atoms with Crippen LogP contribution in [-0.4, -0.2) is 51.1 Å². The third-order valence-electron chi connectivity index (χ3n) is 6.93. The maximum Gasteiger partial charge on any atom is 0.482 e. The van der Waals surface area contributed by atoms with Gasteiger partial charge >= 0.3 is 11.9 Å². The minimum Gasteiger partial charge on any atom is -0.462 e. The molecule has 2 rings (SSSR count). The van der Waals surface area contributed by atoms with Crippen molar-refractivity contribution in [3.63, 3.8) is 0 Å². The average molecular weight is 482 g/mol. The first kappa shape index (κ1) is 29.1. The van der Waals surface area contributed by atoms with Crippen LogP contribution in [0.4, 0.5) is 0 Å². The van der Waals surface area contributed by atoms with E-state index in [4.69, 9.17) is 9.47 Å². The minimum absolute atomic E-state index is 0.00640. The predicted molar refractivity (Wildman–Crippen MR) is 140 cm³/mol. The first-order valence-corrected chi connectivity index (χ1v) is 13.6. The third kappa shape index (κ3) is 11.1. The quantitative estimate of drug-likeness (QED) is 0.222. The molecule has 0 unspecified atom stereocenters. The van der Waals surface area contributed by atoms with Crippen LogP contribution in [0.5, 0.6) is 0 Å². The monoisotopic (exact) mass is 481 g/mol. The van der Waals surface area contributed by atoms with Gasteiger partial charge in [0.05, 0.1) is 0 Å². The molecule has 2 heterocycles. The van der Waals surface area contributed by atoms with Gasteiger partial charge in [-0.25, -0.2) is 0 Å². The molecule has 0 atom stereocenters. The van der Waals surface area contributed by atoms with Gasteiger partial charge in [0, 0.05) is 54.3 Å². The Hall–Kier alpha value is -1.14. The Morgan fingerprint density at radius 3 is 1.44 bits per heavy atom. The molecule has 0 spiro atoms. The molecule has 0 radical (unpaired) electrons. The second-order valence-electron chi connectivity index (χ2n) is 13.5. The first-order valence-electron chi connectivity index (χ1n) is 13.6. The number of nitrogens with one attached hydrogen (secondary N) is 2. The van der Waals surface area contributed by atoms with Crippen molar-refractivity contribution in [3.8, 4) is 0 Å². The Labute approximate surface area is 208 Å². The van der Waals surface area contributed by atoms with E-state index in [1.54, 1.807) is 0 Å². The zero-order chi connectivity index (χ0) is 25.6. The maximum absolute atomic E-state index is 12.3. The molecule has 0 aromatic carbocycles. The molecular weight excluding hydrogens is 428 g/mol. The van der Waals surface area contributed by atoms with Crippen molar-refractivity contribution in [1.29, 1.82) is 0 Å². The van der Waals surface area contributed by atoms with Crippen LogP contribution in [0.2, 0.25) is 0 Å². The number of carbonyl (C=O) groups is 1. The molecule has 2 saturated heterocycles. The lowest BCUT2D eigenvalue weighted by Gasteiger charge is -2.45. The Bertz CT molecular complexity index is 594. The Morgan fingerprint density at radius 1 is 0.647 bits per heavy atom. The third-order valence-corrected chi connectivity index (χ3v) is 6.93. The van der Waals surface area contributed by atoms with Crippen molar-refractivity contribution in [1.82, 2.24) is 10.6 Å². The summed E-state index contributed by atoms with van der Waals surface area (Å²) in [6.45, 7) is 17.5. The molecule has 0 saturated carbocycles. The van der Waals surface area contributed by atoms with Crippen molar-refractivity contribution < 1.29 is 19.1 Å². The number of hydrogen-bond donors (Lipinski definition) is 2. The molecule has 0 aliphatic carbocycles. The molecule has 198 valence electrons. The lowest BCUT2D eigenvalue weighted by Crippen LogP contribution is -2.59. The van der Waals surface area contributed by atoms with E-state index in [0.717, 1.165) is 64.2 Å². The molecule has 0 aromatic heterocycles.